The first-order chi connectivity index (χ1) is 19.5. The molecule has 6 rings (SSSR count). The third-order valence-corrected chi connectivity index (χ3v) is 7.98. The average Bonchev–Trinajstić information content (AvgIpc) is 3.51. The van der Waals surface area contributed by atoms with Crippen LogP contribution in [0.2, 0.25) is 0 Å². The average molecular weight is 578 g/mol. The lowest BCUT2D eigenvalue weighted by atomic mass is 9.75. The number of hydrogen-bond acceptors (Lipinski definition) is 6. The number of nitrogens with zero attached hydrogens (tertiary/aromatic N) is 7. The first kappa shape index (κ1) is 27.5. The Morgan fingerprint density at radius 2 is 1.83 bits per heavy atom. The normalized spacial score (nSPS) is 18.3. The number of likely N-dealkylation sites (N-methyl/N-ethyl adjacent to an activating group) is 1. The Hall–Kier alpha value is -3.62. The minimum Gasteiger partial charge on any atom is -0.379 e. The standard InChI is InChI=1S/C27H28F5N7O2/c1-35-5-7-36(8-6-35)12-18-9-21(27(30,31)32)22-14-37(25(40)38(22)13-18)20-4-2-3-19(10-20)26(15-41-16-26)11-23-34-33-17-39(23)24(28)29/h2-4,9-10,13-14,17,24H,5-8,11-12,15-16H2,1H3. The quantitative estimate of drug-likeness (QED) is 0.314. The summed E-state index contributed by atoms with van der Waals surface area (Å²) in [6, 6.07) is 7.89. The first-order valence-electron chi connectivity index (χ1n) is 13.1. The Bertz CT molecular complexity index is 1610. The van der Waals surface area contributed by atoms with Crippen LogP contribution >= 0.6 is 0 Å². The fourth-order valence-electron chi connectivity index (χ4n) is 5.57. The number of halogens is 5. The van der Waals surface area contributed by atoms with Crippen LogP contribution in [0.4, 0.5) is 22.0 Å². The number of alkyl halides is 5. The van der Waals surface area contributed by atoms with Gasteiger partial charge in [-0.25, -0.2) is 4.79 Å². The molecule has 2 saturated heterocycles. The van der Waals surface area contributed by atoms with E-state index < -0.39 is 29.4 Å². The lowest BCUT2D eigenvalue weighted by Gasteiger charge is -2.42. The lowest BCUT2D eigenvalue weighted by molar-refractivity contribution is -0.136. The van der Waals surface area contributed by atoms with E-state index in [9.17, 15) is 26.7 Å². The van der Waals surface area contributed by atoms with Gasteiger partial charge in [0.05, 0.1) is 30.0 Å². The van der Waals surface area contributed by atoms with Crippen molar-refractivity contribution in [2.75, 3.05) is 46.4 Å². The van der Waals surface area contributed by atoms with Gasteiger partial charge in [-0.05, 0) is 36.4 Å². The molecule has 4 aromatic rings. The third-order valence-electron chi connectivity index (χ3n) is 7.98. The van der Waals surface area contributed by atoms with Crippen molar-refractivity contribution in [1.82, 2.24) is 33.5 Å². The second kappa shape index (κ2) is 10.3. The van der Waals surface area contributed by atoms with E-state index in [4.69, 9.17) is 4.74 Å². The molecule has 9 nitrogen and oxygen atoms in total. The van der Waals surface area contributed by atoms with Gasteiger partial charge in [0.15, 0.2) is 0 Å². The number of benzene rings is 1. The fraction of sp³-hybridized carbons (Fsp3) is 0.444. The molecule has 2 fully saturated rings. The van der Waals surface area contributed by atoms with Gasteiger partial charge in [0.1, 0.15) is 12.2 Å². The van der Waals surface area contributed by atoms with Crippen molar-refractivity contribution in [3.05, 3.63) is 82.1 Å². The molecular weight excluding hydrogens is 549 g/mol. The highest BCUT2D eigenvalue weighted by atomic mass is 19.4. The number of piperazine rings is 1. The summed E-state index contributed by atoms with van der Waals surface area (Å²) in [5.41, 5.74) is -1.03. The lowest BCUT2D eigenvalue weighted by Crippen LogP contribution is -2.49. The minimum absolute atomic E-state index is 0.0863. The van der Waals surface area contributed by atoms with E-state index in [0.717, 1.165) is 43.0 Å². The summed E-state index contributed by atoms with van der Waals surface area (Å²) in [6.45, 7) is 1.02. The summed E-state index contributed by atoms with van der Waals surface area (Å²) in [5, 5.41) is 7.45. The van der Waals surface area contributed by atoms with Crippen LogP contribution in [0.25, 0.3) is 11.2 Å². The van der Waals surface area contributed by atoms with E-state index in [1.165, 1.54) is 17.0 Å². The van der Waals surface area contributed by atoms with Crippen molar-refractivity contribution in [3.63, 3.8) is 0 Å². The number of ether oxygens (including phenoxy) is 1. The molecule has 1 aromatic carbocycles. The smallest absolute Gasteiger partial charge is 0.379 e. The minimum atomic E-state index is -4.67. The fourth-order valence-corrected chi connectivity index (χ4v) is 5.57. The molecule has 0 amide bonds. The number of imidazole rings is 1. The maximum absolute atomic E-state index is 14.2. The number of pyridine rings is 1. The van der Waals surface area contributed by atoms with Gasteiger partial charge in [0, 0.05) is 57.0 Å². The molecule has 3 aromatic heterocycles. The van der Waals surface area contributed by atoms with Crippen molar-refractivity contribution in [1.29, 1.82) is 0 Å². The predicted molar refractivity (Wildman–Crippen MR) is 138 cm³/mol. The van der Waals surface area contributed by atoms with Crippen LogP contribution in [0.1, 0.15) is 29.1 Å². The molecule has 0 atom stereocenters. The second-order valence-corrected chi connectivity index (χ2v) is 10.8. The molecule has 0 aliphatic carbocycles. The number of fused-ring (bicyclic) bond motifs is 1. The Kier molecular flexibility index (Phi) is 6.94. The van der Waals surface area contributed by atoms with Gasteiger partial charge in [-0.2, -0.15) is 22.0 Å². The molecule has 218 valence electrons. The van der Waals surface area contributed by atoms with E-state index >= 15 is 0 Å². The summed E-state index contributed by atoms with van der Waals surface area (Å²) in [6.07, 6.45) is -0.920. The summed E-state index contributed by atoms with van der Waals surface area (Å²) in [5.74, 6) is 0.0863. The van der Waals surface area contributed by atoms with Gasteiger partial charge < -0.3 is 9.64 Å². The molecule has 2 aliphatic rings. The Morgan fingerprint density at radius 1 is 1.07 bits per heavy atom. The zero-order valence-corrected chi connectivity index (χ0v) is 22.2. The van der Waals surface area contributed by atoms with Gasteiger partial charge >= 0.3 is 18.4 Å². The highest BCUT2D eigenvalue weighted by Crippen LogP contribution is 2.37. The van der Waals surface area contributed by atoms with Crippen LogP contribution in [-0.2, 0) is 29.3 Å². The Morgan fingerprint density at radius 3 is 2.49 bits per heavy atom. The molecular formula is C27H28F5N7O2. The van der Waals surface area contributed by atoms with Gasteiger partial charge in [-0.15, -0.1) is 10.2 Å². The van der Waals surface area contributed by atoms with Crippen LogP contribution in [-0.4, -0.2) is 80.0 Å². The highest BCUT2D eigenvalue weighted by molar-refractivity contribution is 5.58. The number of hydrogen-bond donors (Lipinski definition) is 0. The Labute approximate surface area is 231 Å². The van der Waals surface area contributed by atoms with Gasteiger partial charge in [-0.3, -0.25) is 18.4 Å². The van der Waals surface area contributed by atoms with Gasteiger partial charge in [-0.1, -0.05) is 12.1 Å². The maximum Gasteiger partial charge on any atom is 0.418 e. The summed E-state index contributed by atoms with van der Waals surface area (Å²) < 4.78 is 77.8. The van der Waals surface area contributed by atoms with E-state index in [1.807, 2.05) is 7.05 Å². The number of aromatic nitrogens is 5. The van der Waals surface area contributed by atoms with Crippen molar-refractivity contribution in [2.24, 2.45) is 0 Å². The van der Waals surface area contributed by atoms with E-state index in [-0.39, 0.29) is 31.0 Å². The first-order valence-corrected chi connectivity index (χ1v) is 13.1. The predicted octanol–water partition coefficient (Wildman–Crippen LogP) is 3.35. The van der Waals surface area contributed by atoms with E-state index in [2.05, 4.69) is 20.0 Å². The zero-order chi connectivity index (χ0) is 28.9. The Balaban J connectivity index is 1.38. The van der Waals surface area contributed by atoms with Crippen molar-refractivity contribution in [3.8, 4) is 5.69 Å². The van der Waals surface area contributed by atoms with E-state index in [1.54, 1.807) is 24.3 Å². The van der Waals surface area contributed by atoms with Crippen molar-refractivity contribution in [2.45, 2.75) is 31.1 Å². The topological polar surface area (TPSA) is 72.8 Å². The summed E-state index contributed by atoms with van der Waals surface area (Å²) >= 11 is 0. The molecule has 41 heavy (non-hydrogen) atoms. The van der Waals surface area contributed by atoms with Crippen LogP contribution in [0, 0.1) is 0 Å². The molecule has 2 aliphatic heterocycles. The molecule has 0 radical (unpaired) electrons. The second-order valence-electron chi connectivity index (χ2n) is 10.8. The SMILES string of the molecule is CN1CCN(Cc2cc(C(F)(F)F)c3cn(-c4cccc(C5(Cc6nncn6C(F)F)COC5)c4)c(=O)n3c2)CC1. The van der Waals surface area contributed by atoms with Crippen molar-refractivity contribution < 1.29 is 26.7 Å². The molecule has 5 heterocycles. The van der Waals surface area contributed by atoms with Gasteiger partial charge in [0.2, 0.25) is 0 Å². The largest absolute Gasteiger partial charge is 0.418 e. The molecule has 0 saturated carbocycles. The molecule has 0 bridgehead atoms. The van der Waals surface area contributed by atoms with Crippen LogP contribution < -0.4 is 5.69 Å². The monoisotopic (exact) mass is 577 g/mol. The molecule has 0 spiro atoms. The molecule has 14 heteroatoms. The highest BCUT2D eigenvalue weighted by Gasteiger charge is 2.42. The third kappa shape index (κ3) is 5.15. The van der Waals surface area contributed by atoms with Crippen LogP contribution in [0.15, 0.2) is 53.8 Å². The van der Waals surface area contributed by atoms with Crippen LogP contribution in [0.3, 0.4) is 0 Å². The van der Waals surface area contributed by atoms with Crippen LogP contribution in [0.5, 0.6) is 0 Å². The summed E-state index contributed by atoms with van der Waals surface area (Å²) in [4.78, 5) is 17.8. The molecule has 0 N–H and O–H groups in total. The summed E-state index contributed by atoms with van der Waals surface area (Å²) in [7, 11) is 2.00. The van der Waals surface area contributed by atoms with Gasteiger partial charge in [0.25, 0.3) is 0 Å². The molecule has 0 unspecified atom stereocenters. The number of rotatable bonds is 7. The maximum atomic E-state index is 14.2. The zero-order valence-electron chi connectivity index (χ0n) is 22.2. The van der Waals surface area contributed by atoms with E-state index in [0.29, 0.717) is 27.9 Å². The van der Waals surface area contributed by atoms with Crippen molar-refractivity contribution >= 4 is 5.52 Å².